The number of likely N-dealkylation sites (tertiary alicyclic amines) is 1. The van der Waals surface area contributed by atoms with Gasteiger partial charge in [-0.1, -0.05) is 0 Å². The van der Waals surface area contributed by atoms with E-state index in [0.29, 0.717) is 10.2 Å². The molecule has 114 valence electrons. The fourth-order valence-electron chi connectivity index (χ4n) is 2.38. The largest absolute Gasteiger partial charge is 0.478 e. The summed E-state index contributed by atoms with van der Waals surface area (Å²) in [5.41, 5.74) is 0.711. The van der Waals surface area contributed by atoms with Gasteiger partial charge in [-0.05, 0) is 60.6 Å². The molecule has 6 nitrogen and oxygen atoms in total. The zero-order chi connectivity index (χ0) is 15.4. The van der Waals surface area contributed by atoms with Crippen molar-refractivity contribution in [3.63, 3.8) is 0 Å². The molecule has 1 fully saturated rings. The fraction of sp³-hybridized carbons (Fsp3) is 0.429. The number of carboxylic acid groups (broad SMARTS) is 1. The van der Waals surface area contributed by atoms with Crippen molar-refractivity contribution in [1.29, 1.82) is 0 Å². The normalized spacial score (nSPS) is 19.0. The molecule has 2 amide bonds. The molecular weight excluding hydrogens is 338 g/mol. The molecule has 3 N–H and O–H groups in total. The molecule has 1 aliphatic rings. The molecule has 0 aliphatic carbocycles. The van der Waals surface area contributed by atoms with E-state index in [0.717, 1.165) is 25.9 Å². The molecule has 2 rings (SSSR count). The predicted octanol–water partition coefficient (Wildman–Crippen LogP) is 2.36. The number of likely N-dealkylation sites (N-methyl/N-ethyl adjacent to an activating group) is 1. The van der Waals surface area contributed by atoms with Crippen LogP contribution in [0.1, 0.15) is 23.2 Å². The third-order valence-electron chi connectivity index (χ3n) is 3.42. The molecule has 1 unspecified atom stereocenters. The van der Waals surface area contributed by atoms with Crippen molar-refractivity contribution in [3.8, 4) is 0 Å². The average molecular weight is 356 g/mol. The second-order valence-electron chi connectivity index (χ2n) is 5.20. The first-order chi connectivity index (χ1) is 9.95. The zero-order valence-corrected chi connectivity index (χ0v) is 13.3. The zero-order valence-electron chi connectivity index (χ0n) is 11.7. The lowest BCUT2D eigenvalue weighted by atomic mass is 10.1. The van der Waals surface area contributed by atoms with E-state index in [2.05, 4.69) is 31.5 Å². The van der Waals surface area contributed by atoms with Crippen molar-refractivity contribution >= 4 is 33.6 Å². The quantitative estimate of drug-likeness (QED) is 0.777. The fourth-order valence-corrected chi connectivity index (χ4v) is 2.86. The molecular formula is C14H18BrN3O3. The van der Waals surface area contributed by atoms with Crippen LogP contribution in [0.5, 0.6) is 0 Å². The lowest BCUT2D eigenvalue weighted by Gasteiger charge is -2.30. The van der Waals surface area contributed by atoms with Crippen molar-refractivity contribution in [3.05, 3.63) is 28.2 Å². The Bertz CT molecular complexity index is 550. The third-order valence-corrected chi connectivity index (χ3v) is 4.08. The van der Waals surface area contributed by atoms with E-state index in [1.54, 1.807) is 6.07 Å². The Hall–Kier alpha value is -1.60. The van der Waals surface area contributed by atoms with E-state index in [1.807, 2.05) is 7.05 Å². The van der Waals surface area contributed by atoms with Crippen LogP contribution < -0.4 is 10.6 Å². The Morgan fingerprint density at radius 3 is 2.81 bits per heavy atom. The average Bonchev–Trinajstić information content (AvgIpc) is 2.40. The van der Waals surface area contributed by atoms with Crippen LogP contribution in [0.3, 0.4) is 0 Å². The van der Waals surface area contributed by atoms with Gasteiger partial charge in [0.1, 0.15) is 0 Å². The van der Waals surface area contributed by atoms with Crippen LogP contribution in [0, 0.1) is 0 Å². The van der Waals surface area contributed by atoms with Crippen LogP contribution >= 0.6 is 15.9 Å². The molecule has 1 heterocycles. The first-order valence-corrected chi connectivity index (χ1v) is 7.54. The molecule has 0 radical (unpaired) electrons. The Morgan fingerprint density at radius 1 is 1.43 bits per heavy atom. The number of benzene rings is 1. The van der Waals surface area contributed by atoms with Crippen molar-refractivity contribution < 1.29 is 14.7 Å². The Labute approximate surface area is 131 Å². The van der Waals surface area contributed by atoms with Crippen molar-refractivity contribution in [2.45, 2.75) is 18.9 Å². The molecule has 0 spiro atoms. The van der Waals surface area contributed by atoms with Crippen LogP contribution in [0.2, 0.25) is 0 Å². The van der Waals surface area contributed by atoms with E-state index < -0.39 is 5.97 Å². The smallest absolute Gasteiger partial charge is 0.335 e. The number of piperidine rings is 1. The van der Waals surface area contributed by atoms with E-state index in [-0.39, 0.29) is 17.6 Å². The first kappa shape index (κ1) is 15.8. The molecule has 0 saturated carbocycles. The lowest BCUT2D eigenvalue weighted by Crippen LogP contribution is -2.47. The van der Waals surface area contributed by atoms with Gasteiger partial charge in [-0.15, -0.1) is 0 Å². The maximum absolute atomic E-state index is 12.0. The number of aromatic carboxylic acids is 1. The number of nitrogens with one attached hydrogen (secondary N) is 2. The van der Waals surface area contributed by atoms with Crippen molar-refractivity contribution in [1.82, 2.24) is 10.2 Å². The highest BCUT2D eigenvalue weighted by molar-refractivity contribution is 9.10. The molecule has 0 bridgehead atoms. The number of nitrogens with zero attached hydrogens (tertiary/aromatic N) is 1. The van der Waals surface area contributed by atoms with Crippen molar-refractivity contribution in [2.24, 2.45) is 0 Å². The number of carbonyl (C=O) groups excluding carboxylic acids is 1. The maximum atomic E-state index is 12.0. The van der Waals surface area contributed by atoms with Gasteiger partial charge in [-0.2, -0.15) is 0 Å². The van der Waals surface area contributed by atoms with Gasteiger partial charge in [-0.3, -0.25) is 0 Å². The molecule has 1 aromatic carbocycles. The topological polar surface area (TPSA) is 81.7 Å². The summed E-state index contributed by atoms with van der Waals surface area (Å²) in [6.45, 7) is 1.90. The van der Waals surface area contributed by atoms with E-state index >= 15 is 0 Å². The van der Waals surface area contributed by atoms with Gasteiger partial charge in [-0.25, -0.2) is 9.59 Å². The standard InChI is InChI=1S/C14H18BrN3O3/c1-18-6-2-3-10(8-18)16-14(21)17-12-5-4-9(13(19)20)7-11(12)15/h4-5,7,10H,2-3,6,8H2,1H3,(H,19,20)(H2,16,17,21). The monoisotopic (exact) mass is 355 g/mol. The number of carbonyl (C=O) groups is 2. The van der Waals surface area contributed by atoms with Crippen molar-refractivity contribution in [2.75, 3.05) is 25.5 Å². The van der Waals surface area contributed by atoms with Gasteiger partial charge in [0.2, 0.25) is 0 Å². The van der Waals surface area contributed by atoms with Crippen LogP contribution in [-0.2, 0) is 0 Å². The van der Waals surface area contributed by atoms with E-state index in [9.17, 15) is 9.59 Å². The summed E-state index contributed by atoms with van der Waals surface area (Å²) in [4.78, 5) is 25.0. The number of rotatable bonds is 3. The summed E-state index contributed by atoms with van der Waals surface area (Å²) < 4.78 is 0.540. The summed E-state index contributed by atoms with van der Waals surface area (Å²) in [6.07, 6.45) is 2.04. The highest BCUT2D eigenvalue weighted by Crippen LogP contribution is 2.23. The Balaban J connectivity index is 1.94. The van der Waals surface area contributed by atoms with Crippen LogP contribution in [0.25, 0.3) is 0 Å². The number of urea groups is 1. The molecule has 1 aliphatic heterocycles. The molecule has 1 atom stereocenters. The first-order valence-electron chi connectivity index (χ1n) is 6.74. The van der Waals surface area contributed by atoms with E-state index in [1.165, 1.54) is 12.1 Å². The minimum Gasteiger partial charge on any atom is -0.478 e. The maximum Gasteiger partial charge on any atom is 0.335 e. The molecule has 1 saturated heterocycles. The second-order valence-corrected chi connectivity index (χ2v) is 6.05. The Morgan fingerprint density at radius 2 is 2.19 bits per heavy atom. The predicted molar refractivity (Wildman–Crippen MR) is 83.8 cm³/mol. The van der Waals surface area contributed by atoms with Gasteiger partial charge in [0.05, 0.1) is 11.3 Å². The number of halogens is 1. The van der Waals surface area contributed by atoms with Crippen LogP contribution in [0.4, 0.5) is 10.5 Å². The number of hydrogen-bond donors (Lipinski definition) is 3. The number of anilines is 1. The number of amides is 2. The van der Waals surface area contributed by atoms with Crippen LogP contribution in [0.15, 0.2) is 22.7 Å². The van der Waals surface area contributed by atoms with E-state index in [4.69, 9.17) is 5.11 Å². The lowest BCUT2D eigenvalue weighted by molar-refractivity contribution is 0.0697. The molecule has 7 heteroatoms. The van der Waals surface area contributed by atoms with Gasteiger partial charge in [0, 0.05) is 17.1 Å². The minimum atomic E-state index is -1.00. The second kappa shape index (κ2) is 6.91. The molecule has 0 aromatic heterocycles. The number of carboxylic acids is 1. The van der Waals surface area contributed by atoms with Gasteiger partial charge < -0.3 is 20.6 Å². The van der Waals surface area contributed by atoms with Gasteiger partial charge >= 0.3 is 12.0 Å². The highest BCUT2D eigenvalue weighted by Gasteiger charge is 2.19. The van der Waals surface area contributed by atoms with Gasteiger partial charge in [0.25, 0.3) is 0 Å². The summed E-state index contributed by atoms with van der Waals surface area (Å²) >= 11 is 3.26. The Kier molecular flexibility index (Phi) is 5.19. The molecule has 1 aromatic rings. The van der Waals surface area contributed by atoms with Gasteiger partial charge in [0.15, 0.2) is 0 Å². The summed E-state index contributed by atoms with van der Waals surface area (Å²) in [7, 11) is 2.03. The summed E-state index contributed by atoms with van der Waals surface area (Å²) in [5, 5.41) is 14.6. The summed E-state index contributed by atoms with van der Waals surface area (Å²) in [6, 6.07) is 4.35. The summed E-state index contributed by atoms with van der Waals surface area (Å²) in [5.74, 6) is -1.00. The highest BCUT2D eigenvalue weighted by atomic mass is 79.9. The number of hydrogen-bond acceptors (Lipinski definition) is 3. The SMILES string of the molecule is CN1CCCC(NC(=O)Nc2ccc(C(=O)O)cc2Br)C1. The van der Waals surface area contributed by atoms with Crippen LogP contribution in [-0.4, -0.2) is 48.2 Å². The minimum absolute atomic E-state index is 0.140. The molecule has 21 heavy (non-hydrogen) atoms. The third kappa shape index (κ3) is 4.44.